The van der Waals surface area contributed by atoms with E-state index in [-0.39, 0.29) is 5.15 Å². The van der Waals surface area contributed by atoms with E-state index in [9.17, 15) is 0 Å². The van der Waals surface area contributed by atoms with Gasteiger partial charge in [-0.3, -0.25) is 0 Å². The van der Waals surface area contributed by atoms with E-state index < -0.39 is 0 Å². The lowest BCUT2D eigenvalue weighted by Crippen LogP contribution is -1.96. The van der Waals surface area contributed by atoms with Gasteiger partial charge < -0.3 is 5.32 Å². The summed E-state index contributed by atoms with van der Waals surface area (Å²) in [6, 6.07) is 8.52. The van der Waals surface area contributed by atoms with Crippen LogP contribution in [0.2, 0.25) is 15.2 Å². The Hall–Kier alpha value is -1.47. The Kier molecular flexibility index (Phi) is 4.16. The van der Waals surface area contributed by atoms with Crippen molar-refractivity contribution in [2.24, 2.45) is 0 Å². The number of halogens is 3. The third-order valence-corrected chi connectivity index (χ3v) is 3.35. The number of nitrogens with one attached hydrogen (secondary N) is 1. The maximum Gasteiger partial charge on any atom is 0.133 e. The Labute approximate surface area is 125 Å². The molecule has 2 rings (SSSR count). The van der Waals surface area contributed by atoms with Crippen LogP contribution in [0.4, 0.5) is 11.5 Å². The summed E-state index contributed by atoms with van der Waals surface area (Å²) in [5, 5.41) is 13.2. The first-order valence-corrected chi connectivity index (χ1v) is 6.43. The van der Waals surface area contributed by atoms with Crippen molar-refractivity contribution in [3.05, 3.63) is 50.6 Å². The summed E-state index contributed by atoms with van der Waals surface area (Å²) >= 11 is 18.0. The molecule has 0 aliphatic carbocycles. The first kappa shape index (κ1) is 14.0. The second-order valence-corrected chi connectivity index (χ2v) is 5.08. The highest BCUT2D eigenvalue weighted by Crippen LogP contribution is 2.31. The van der Waals surface area contributed by atoms with E-state index in [1.54, 1.807) is 18.2 Å². The summed E-state index contributed by atoms with van der Waals surface area (Å²) < 4.78 is 0. The zero-order valence-corrected chi connectivity index (χ0v) is 12.1. The molecule has 1 aromatic carbocycles. The maximum absolute atomic E-state index is 8.88. The van der Waals surface area contributed by atoms with Gasteiger partial charge in [0.1, 0.15) is 11.0 Å². The van der Waals surface area contributed by atoms with Crippen molar-refractivity contribution in [1.29, 1.82) is 5.26 Å². The van der Waals surface area contributed by atoms with Gasteiger partial charge in [0.2, 0.25) is 0 Å². The summed E-state index contributed by atoms with van der Waals surface area (Å²) in [6.45, 7) is 1.86. The van der Waals surface area contributed by atoms with Crippen molar-refractivity contribution < 1.29 is 0 Å². The average molecular weight is 313 g/mol. The molecule has 0 fully saturated rings. The number of pyridine rings is 1. The molecular formula is C13H8Cl3N3. The molecule has 0 unspecified atom stereocenters. The molecule has 0 amide bonds. The normalized spacial score (nSPS) is 10.1. The summed E-state index contributed by atoms with van der Waals surface area (Å²) in [5.74, 6) is 0.436. The van der Waals surface area contributed by atoms with Crippen LogP contribution >= 0.6 is 34.8 Å². The Morgan fingerprint density at radius 2 is 1.84 bits per heavy atom. The standard InChI is InChI=1S/C13H8Cl3N3/c1-7-2-10(15)11(5-9(7)14)18-13-4-8(6-17)3-12(16)19-13/h2-5H,1H3,(H,18,19). The molecule has 2 aromatic rings. The molecule has 0 aliphatic rings. The van der Waals surface area contributed by atoms with Crippen LogP contribution in [0.1, 0.15) is 11.1 Å². The Morgan fingerprint density at radius 1 is 1.11 bits per heavy atom. The van der Waals surface area contributed by atoms with Crippen molar-refractivity contribution >= 4 is 46.3 Å². The van der Waals surface area contributed by atoms with Gasteiger partial charge in [0.15, 0.2) is 0 Å². The number of aromatic nitrogens is 1. The van der Waals surface area contributed by atoms with Crippen LogP contribution in [0.5, 0.6) is 0 Å². The van der Waals surface area contributed by atoms with Crippen LogP contribution < -0.4 is 5.32 Å². The topological polar surface area (TPSA) is 48.7 Å². The SMILES string of the molecule is Cc1cc(Cl)c(Nc2cc(C#N)cc(Cl)n2)cc1Cl. The first-order chi connectivity index (χ1) is 8.99. The van der Waals surface area contributed by atoms with E-state index >= 15 is 0 Å². The molecule has 0 atom stereocenters. The molecule has 0 spiro atoms. The summed E-state index contributed by atoms with van der Waals surface area (Å²) in [5.41, 5.74) is 1.90. The van der Waals surface area contributed by atoms with Gasteiger partial charge in [-0.25, -0.2) is 4.98 Å². The highest BCUT2D eigenvalue weighted by Gasteiger charge is 2.07. The molecule has 1 heterocycles. The van der Waals surface area contributed by atoms with Gasteiger partial charge in [-0.2, -0.15) is 5.26 Å². The van der Waals surface area contributed by atoms with Gasteiger partial charge in [0.25, 0.3) is 0 Å². The van der Waals surface area contributed by atoms with E-state index in [0.29, 0.717) is 27.1 Å². The third kappa shape index (κ3) is 3.30. The number of nitriles is 1. The van der Waals surface area contributed by atoms with Crippen LogP contribution in [0, 0.1) is 18.3 Å². The Bertz CT molecular complexity index is 678. The van der Waals surface area contributed by atoms with Crippen LogP contribution in [0.3, 0.4) is 0 Å². The molecule has 0 saturated heterocycles. The van der Waals surface area contributed by atoms with E-state index in [4.69, 9.17) is 40.1 Å². The molecule has 0 bridgehead atoms. The average Bonchev–Trinajstić information content (AvgIpc) is 2.35. The lowest BCUT2D eigenvalue weighted by Gasteiger charge is -2.10. The van der Waals surface area contributed by atoms with Gasteiger partial charge in [0.05, 0.1) is 22.3 Å². The molecule has 1 aromatic heterocycles. The number of hydrogen-bond donors (Lipinski definition) is 1. The van der Waals surface area contributed by atoms with E-state index in [1.165, 1.54) is 6.07 Å². The number of nitrogens with zero attached hydrogens (tertiary/aromatic N) is 2. The highest BCUT2D eigenvalue weighted by molar-refractivity contribution is 6.35. The minimum atomic E-state index is 0.232. The van der Waals surface area contributed by atoms with Crippen LogP contribution in [0.25, 0.3) is 0 Å². The van der Waals surface area contributed by atoms with Gasteiger partial charge in [-0.1, -0.05) is 34.8 Å². The fourth-order valence-electron chi connectivity index (χ4n) is 1.51. The molecule has 0 saturated carbocycles. The minimum absolute atomic E-state index is 0.232. The second-order valence-electron chi connectivity index (χ2n) is 3.88. The number of benzene rings is 1. The molecule has 19 heavy (non-hydrogen) atoms. The fraction of sp³-hybridized carbons (Fsp3) is 0.0769. The maximum atomic E-state index is 8.88. The van der Waals surface area contributed by atoms with Crippen LogP contribution in [-0.2, 0) is 0 Å². The fourth-order valence-corrected chi connectivity index (χ4v) is 2.14. The molecule has 1 N–H and O–H groups in total. The molecule has 0 radical (unpaired) electrons. The monoisotopic (exact) mass is 311 g/mol. The smallest absolute Gasteiger partial charge is 0.133 e. The molecule has 96 valence electrons. The molecule has 3 nitrogen and oxygen atoms in total. The van der Waals surface area contributed by atoms with Gasteiger partial charge >= 0.3 is 0 Å². The summed E-state index contributed by atoms with van der Waals surface area (Å²) in [7, 11) is 0. The van der Waals surface area contributed by atoms with Crippen molar-refractivity contribution in [3.8, 4) is 6.07 Å². The van der Waals surface area contributed by atoms with Crippen LogP contribution in [0.15, 0.2) is 24.3 Å². The predicted octanol–water partition coefficient (Wildman–Crippen LogP) is 4.97. The second kappa shape index (κ2) is 5.66. The molecule has 6 heteroatoms. The Morgan fingerprint density at radius 3 is 2.53 bits per heavy atom. The first-order valence-electron chi connectivity index (χ1n) is 5.30. The van der Waals surface area contributed by atoms with Crippen molar-refractivity contribution in [1.82, 2.24) is 4.98 Å². The highest BCUT2D eigenvalue weighted by atomic mass is 35.5. The zero-order valence-electron chi connectivity index (χ0n) is 9.84. The largest absolute Gasteiger partial charge is 0.339 e. The zero-order chi connectivity index (χ0) is 14.0. The Balaban J connectivity index is 2.39. The van der Waals surface area contributed by atoms with Gasteiger partial charge in [-0.05, 0) is 36.8 Å². The van der Waals surface area contributed by atoms with E-state index in [1.807, 2.05) is 13.0 Å². The summed E-state index contributed by atoms with van der Waals surface area (Å²) in [6.07, 6.45) is 0. The number of anilines is 2. The summed E-state index contributed by atoms with van der Waals surface area (Å²) in [4.78, 5) is 4.07. The number of aryl methyl sites for hydroxylation is 1. The van der Waals surface area contributed by atoms with Crippen molar-refractivity contribution in [2.45, 2.75) is 6.92 Å². The number of rotatable bonds is 2. The van der Waals surface area contributed by atoms with Gasteiger partial charge in [-0.15, -0.1) is 0 Å². The van der Waals surface area contributed by atoms with E-state index in [2.05, 4.69) is 10.3 Å². The van der Waals surface area contributed by atoms with Crippen LogP contribution in [-0.4, -0.2) is 4.98 Å². The molecular weight excluding hydrogens is 305 g/mol. The van der Waals surface area contributed by atoms with Crippen molar-refractivity contribution in [3.63, 3.8) is 0 Å². The van der Waals surface area contributed by atoms with Gasteiger partial charge in [0, 0.05) is 5.02 Å². The quantitative estimate of drug-likeness (QED) is 0.797. The lowest BCUT2D eigenvalue weighted by atomic mass is 10.2. The lowest BCUT2D eigenvalue weighted by molar-refractivity contribution is 1.29. The number of hydrogen-bond acceptors (Lipinski definition) is 3. The van der Waals surface area contributed by atoms with E-state index in [0.717, 1.165) is 5.56 Å². The predicted molar refractivity (Wildman–Crippen MR) is 78.4 cm³/mol. The van der Waals surface area contributed by atoms with Crippen molar-refractivity contribution in [2.75, 3.05) is 5.32 Å². The third-order valence-electron chi connectivity index (χ3n) is 2.43. The molecule has 0 aliphatic heterocycles. The minimum Gasteiger partial charge on any atom is -0.339 e.